The lowest BCUT2D eigenvalue weighted by atomic mass is 9.85. The van der Waals surface area contributed by atoms with Gasteiger partial charge in [-0.1, -0.05) is 63.9 Å². The van der Waals surface area contributed by atoms with Gasteiger partial charge >= 0.3 is 0 Å². The third-order valence-electron chi connectivity index (χ3n) is 3.63. The van der Waals surface area contributed by atoms with E-state index in [-0.39, 0.29) is 0 Å². The molecule has 2 unspecified atom stereocenters. The number of nitrogens with one attached hydrogen (secondary N) is 1. The van der Waals surface area contributed by atoms with Crippen LogP contribution in [0.5, 0.6) is 0 Å². The van der Waals surface area contributed by atoms with Crippen molar-refractivity contribution in [1.82, 2.24) is 5.32 Å². The molecule has 0 amide bonds. The number of hydrogen-bond donors (Lipinski definition) is 1. The molecule has 1 aromatic rings. The van der Waals surface area contributed by atoms with Gasteiger partial charge in [0.05, 0.1) is 0 Å². The maximum absolute atomic E-state index is 3.60. The molecular formula is C16H27N. The van der Waals surface area contributed by atoms with E-state index in [9.17, 15) is 0 Å². The van der Waals surface area contributed by atoms with Gasteiger partial charge in [-0.15, -0.1) is 0 Å². The van der Waals surface area contributed by atoms with Gasteiger partial charge < -0.3 is 5.32 Å². The summed E-state index contributed by atoms with van der Waals surface area (Å²) < 4.78 is 0. The van der Waals surface area contributed by atoms with Crippen molar-refractivity contribution < 1.29 is 0 Å². The zero-order valence-electron chi connectivity index (χ0n) is 11.6. The molecule has 0 bridgehead atoms. The van der Waals surface area contributed by atoms with Gasteiger partial charge in [-0.05, 0) is 30.4 Å². The van der Waals surface area contributed by atoms with Gasteiger partial charge in [0.1, 0.15) is 0 Å². The Hall–Kier alpha value is -0.820. The van der Waals surface area contributed by atoms with Crippen LogP contribution in [0.2, 0.25) is 0 Å². The Balaban J connectivity index is 2.55. The van der Waals surface area contributed by atoms with Crippen molar-refractivity contribution in [2.75, 3.05) is 13.1 Å². The van der Waals surface area contributed by atoms with Gasteiger partial charge in [-0.2, -0.15) is 0 Å². The predicted octanol–water partition coefficient (Wildman–Crippen LogP) is 4.21. The first-order valence-corrected chi connectivity index (χ1v) is 7.05. The summed E-state index contributed by atoms with van der Waals surface area (Å²) in [5.41, 5.74) is 1.48. The van der Waals surface area contributed by atoms with Gasteiger partial charge in [-0.3, -0.25) is 0 Å². The summed E-state index contributed by atoms with van der Waals surface area (Å²) in [5, 5.41) is 3.60. The molecule has 96 valence electrons. The van der Waals surface area contributed by atoms with Crippen LogP contribution in [-0.2, 0) is 0 Å². The summed E-state index contributed by atoms with van der Waals surface area (Å²) in [6, 6.07) is 10.9. The highest BCUT2D eigenvalue weighted by molar-refractivity contribution is 5.20. The van der Waals surface area contributed by atoms with Crippen molar-refractivity contribution in [3.05, 3.63) is 35.9 Å². The Morgan fingerprint density at radius 3 is 2.41 bits per heavy atom. The summed E-state index contributed by atoms with van der Waals surface area (Å²) in [5.74, 6) is 1.39. The summed E-state index contributed by atoms with van der Waals surface area (Å²) in [6.45, 7) is 9.14. The van der Waals surface area contributed by atoms with Gasteiger partial charge in [0.15, 0.2) is 0 Å². The standard InChI is InChI=1S/C16H27N/c1-4-6-12-17-13-16(14(3)5-2)15-10-8-7-9-11-15/h7-11,14,16-17H,4-6,12-13H2,1-3H3. The molecule has 1 N–H and O–H groups in total. The van der Waals surface area contributed by atoms with E-state index in [1.807, 2.05) is 0 Å². The molecule has 0 aliphatic rings. The second kappa shape index (κ2) is 8.30. The minimum atomic E-state index is 0.651. The highest BCUT2D eigenvalue weighted by Crippen LogP contribution is 2.26. The van der Waals surface area contributed by atoms with Crippen LogP contribution in [0.3, 0.4) is 0 Å². The largest absolute Gasteiger partial charge is 0.316 e. The zero-order chi connectivity index (χ0) is 12.5. The summed E-state index contributed by atoms with van der Waals surface area (Å²) >= 11 is 0. The van der Waals surface area contributed by atoms with Crippen LogP contribution in [0.15, 0.2) is 30.3 Å². The molecule has 0 heterocycles. The van der Waals surface area contributed by atoms with Crippen molar-refractivity contribution in [3.8, 4) is 0 Å². The van der Waals surface area contributed by atoms with E-state index >= 15 is 0 Å². The lowest BCUT2D eigenvalue weighted by molar-refractivity contribution is 0.419. The molecule has 0 saturated carbocycles. The average Bonchev–Trinajstić information content (AvgIpc) is 2.39. The number of unbranched alkanes of at least 4 members (excludes halogenated alkanes) is 1. The second-order valence-corrected chi connectivity index (χ2v) is 4.96. The first kappa shape index (κ1) is 14.2. The van der Waals surface area contributed by atoms with Crippen LogP contribution in [0, 0.1) is 5.92 Å². The summed E-state index contributed by atoms with van der Waals surface area (Å²) in [7, 11) is 0. The van der Waals surface area contributed by atoms with Crippen molar-refractivity contribution in [1.29, 1.82) is 0 Å². The van der Waals surface area contributed by atoms with Crippen molar-refractivity contribution in [2.45, 2.75) is 46.0 Å². The topological polar surface area (TPSA) is 12.0 Å². The van der Waals surface area contributed by atoms with Crippen LogP contribution < -0.4 is 5.32 Å². The molecule has 0 fully saturated rings. The minimum Gasteiger partial charge on any atom is -0.316 e. The van der Waals surface area contributed by atoms with Gasteiger partial charge in [-0.25, -0.2) is 0 Å². The van der Waals surface area contributed by atoms with Gasteiger partial charge in [0, 0.05) is 6.54 Å². The van der Waals surface area contributed by atoms with E-state index in [0.29, 0.717) is 5.92 Å². The van der Waals surface area contributed by atoms with Crippen molar-refractivity contribution in [3.63, 3.8) is 0 Å². The van der Waals surface area contributed by atoms with Gasteiger partial charge in [0.2, 0.25) is 0 Å². The van der Waals surface area contributed by atoms with Crippen molar-refractivity contribution >= 4 is 0 Å². The fourth-order valence-electron chi connectivity index (χ4n) is 2.19. The van der Waals surface area contributed by atoms with Gasteiger partial charge in [0.25, 0.3) is 0 Å². The van der Waals surface area contributed by atoms with Crippen LogP contribution >= 0.6 is 0 Å². The lowest BCUT2D eigenvalue weighted by Crippen LogP contribution is -2.26. The smallest absolute Gasteiger partial charge is 0.00227 e. The Bertz CT molecular complexity index is 281. The molecule has 2 atom stereocenters. The van der Waals surface area contributed by atoms with Crippen LogP contribution in [-0.4, -0.2) is 13.1 Å². The second-order valence-electron chi connectivity index (χ2n) is 4.96. The molecule has 1 rings (SSSR count). The monoisotopic (exact) mass is 233 g/mol. The molecule has 0 radical (unpaired) electrons. The maximum Gasteiger partial charge on any atom is 0.00227 e. The highest BCUT2D eigenvalue weighted by Gasteiger charge is 2.16. The third kappa shape index (κ3) is 4.91. The minimum absolute atomic E-state index is 0.651. The molecule has 0 aliphatic heterocycles. The average molecular weight is 233 g/mol. The Morgan fingerprint density at radius 1 is 1.12 bits per heavy atom. The van der Waals surface area contributed by atoms with E-state index in [4.69, 9.17) is 0 Å². The lowest BCUT2D eigenvalue weighted by Gasteiger charge is -2.24. The van der Waals surface area contributed by atoms with E-state index in [0.717, 1.165) is 19.0 Å². The molecule has 1 heteroatoms. The molecule has 0 aliphatic carbocycles. The molecular weight excluding hydrogens is 206 g/mol. The normalized spacial score (nSPS) is 14.5. The first-order valence-electron chi connectivity index (χ1n) is 7.05. The predicted molar refractivity (Wildman–Crippen MR) is 76.4 cm³/mol. The summed E-state index contributed by atoms with van der Waals surface area (Å²) in [6.07, 6.45) is 3.80. The summed E-state index contributed by atoms with van der Waals surface area (Å²) in [4.78, 5) is 0. The Morgan fingerprint density at radius 2 is 1.82 bits per heavy atom. The molecule has 0 saturated heterocycles. The number of benzene rings is 1. The van der Waals surface area contributed by atoms with E-state index < -0.39 is 0 Å². The SMILES string of the molecule is CCCCNCC(c1ccccc1)C(C)CC. The Kier molecular flexibility index (Phi) is 6.95. The quantitative estimate of drug-likeness (QED) is 0.663. The molecule has 0 spiro atoms. The van der Waals surface area contributed by atoms with Crippen LogP contribution in [0.4, 0.5) is 0 Å². The molecule has 0 aromatic heterocycles. The van der Waals surface area contributed by atoms with E-state index in [2.05, 4.69) is 56.4 Å². The van der Waals surface area contributed by atoms with Crippen LogP contribution in [0.25, 0.3) is 0 Å². The van der Waals surface area contributed by atoms with Crippen LogP contribution in [0.1, 0.15) is 51.5 Å². The third-order valence-corrected chi connectivity index (χ3v) is 3.63. The highest BCUT2D eigenvalue weighted by atomic mass is 14.9. The van der Waals surface area contributed by atoms with E-state index in [1.165, 1.54) is 24.8 Å². The fraction of sp³-hybridized carbons (Fsp3) is 0.625. The molecule has 1 nitrogen and oxygen atoms in total. The van der Waals surface area contributed by atoms with E-state index in [1.54, 1.807) is 0 Å². The zero-order valence-corrected chi connectivity index (χ0v) is 11.6. The number of rotatable bonds is 8. The molecule has 17 heavy (non-hydrogen) atoms. The first-order chi connectivity index (χ1) is 8.29. The van der Waals surface area contributed by atoms with Crippen molar-refractivity contribution in [2.24, 2.45) is 5.92 Å². The number of hydrogen-bond acceptors (Lipinski definition) is 1. The molecule has 1 aromatic carbocycles. The fourth-order valence-corrected chi connectivity index (χ4v) is 2.19. The maximum atomic E-state index is 3.60. The Labute approximate surface area is 107 Å².